The van der Waals surface area contributed by atoms with Gasteiger partial charge in [0.05, 0.1) is 6.61 Å². The van der Waals surface area contributed by atoms with Crippen LogP contribution in [0, 0.1) is 0 Å². The number of hydrogen-bond donors (Lipinski definition) is 1. The van der Waals surface area contributed by atoms with Crippen molar-refractivity contribution in [2.24, 2.45) is 0 Å². The molecule has 0 spiro atoms. The largest absolute Gasteiger partial charge is 0.468 e. The van der Waals surface area contributed by atoms with Crippen LogP contribution in [0.5, 0.6) is 0 Å². The number of carbonyl (C=O) groups excluding carboxylic acids is 1. The van der Waals surface area contributed by atoms with E-state index in [1.807, 2.05) is 36.4 Å². The van der Waals surface area contributed by atoms with Crippen molar-refractivity contribution in [1.29, 1.82) is 0 Å². The van der Waals surface area contributed by atoms with Crippen molar-refractivity contribution in [3.63, 3.8) is 0 Å². The molecule has 74 valence electrons. The average Bonchev–Trinajstić information content (AvgIpc) is 2.25. The first kappa shape index (κ1) is 14.2. The second-order valence-electron chi connectivity index (χ2n) is 1.71. The number of rotatable bonds is 2. The fraction of sp³-hybridized carbons (Fsp3) is 0.300. The van der Waals surface area contributed by atoms with Crippen LogP contribution in [0.2, 0.25) is 0 Å². The van der Waals surface area contributed by atoms with Crippen molar-refractivity contribution in [2.45, 2.75) is 6.92 Å². The predicted octanol–water partition coefficient (Wildman–Crippen LogP) is 1.47. The molecule has 0 radical (unpaired) electrons. The van der Waals surface area contributed by atoms with Crippen LogP contribution in [0.1, 0.15) is 6.92 Å². The SMILES string of the molecule is CCOC=O.CO.c1ccccc1. The summed E-state index contributed by atoms with van der Waals surface area (Å²) in [6, 6.07) is 12.0. The molecular weight excluding hydrogens is 168 g/mol. The van der Waals surface area contributed by atoms with Crippen LogP contribution in [0.4, 0.5) is 0 Å². The molecule has 0 bridgehead atoms. The van der Waals surface area contributed by atoms with Crippen molar-refractivity contribution in [3.05, 3.63) is 36.4 Å². The van der Waals surface area contributed by atoms with Gasteiger partial charge in [-0.3, -0.25) is 4.79 Å². The van der Waals surface area contributed by atoms with Gasteiger partial charge in [0.25, 0.3) is 6.47 Å². The zero-order valence-electron chi connectivity index (χ0n) is 8.01. The summed E-state index contributed by atoms with van der Waals surface area (Å²) < 4.78 is 4.15. The summed E-state index contributed by atoms with van der Waals surface area (Å²) in [6.07, 6.45) is 0. The highest BCUT2D eigenvalue weighted by Gasteiger charge is 1.60. The van der Waals surface area contributed by atoms with Crippen LogP contribution in [0.15, 0.2) is 36.4 Å². The second-order valence-corrected chi connectivity index (χ2v) is 1.71. The van der Waals surface area contributed by atoms with E-state index in [2.05, 4.69) is 4.74 Å². The van der Waals surface area contributed by atoms with E-state index in [-0.39, 0.29) is 0 Å². The van der Waals surface area contributed by atoms with Gasteiger partial charge in [0.1, 0.15) is 0 Å². The lowest BCUT2D eigenvalue weighted by Gasteiger charge is -1.79. The quantitative estimate of drug-likeness (QED) is 0.708. The highest BCUT2D eigenvalue weighted by Crippen LogP contribution is 1.79. The maximum absolute atomic E-state index is 9.18. The van der Waals surface area contributed by atoms with E-state index in [1.54, 1.807) is 6.92 Å². The molecule has 0 fully saturated rings. The normalized spacial score (nSPS) is 6.69. The Morgan fingerprint density at radius 3 is 1.46 bits per heavy atom. The standard InChI is InChI=1S/C6H6.C3H6O2.CH4O/c1-2-4-6-5-3-1;1-2-5-3-4;1-2/h1-6H;3H,2H2,1H3;2H,1H3. The highest BCUT2D eigenvalue weighted by molar-refractivity contribution is 5.36. The van der Waals surface area contributed by atoms with E-state index < -0.39 is 0 Å². The van der Waals surface area contributed by atoms with Gasteiger partial charge < -0.3 is 9.84 Å². The Morgan fingerprint density at radius 2 is 1.38 bits per heavy atom. The Hall–Kier alpha value is -1.35. The Labute approximate surface area is 79.0 Å². The number of hydrogen-bond acceptors (Lipinski definition) is 3. The first-order valence-corrected chi connectivity index (χ1v) is 3.91. The summed E-state index contributed by atoms with van der Waals surface area (Å²) in [7, 11) is 1.00. The molecule has 0 atom stereocenters. The average molecular weight is 184 g/mol. The van der Waals surface area contributed by atoms with Gasteiger partial charge in [-0.1, -0.05) is 36.4 Å². The molecule has 0 saturated heterocycles. The van der Waals surface area contributed by atoms with Gasteiger partial charge in [0.2, 0.25) is 0 Å². The zero-order valence-corrected chi connectivity index (χ0v) is 8.01. The first-order chi connectivity index (χ1) is 6.41. The third kappa shape index (κ3) is 18.0. The smallest absolute Gasteiger partial charge is 0.293 e. The summed E-state index contributed by atoms with van der Waals surface area (Å²) >= 11 is 0. The van der Waals surface area contributed by atoms with Crippen molar-refractivity contribution < 1.29 is 14.6 Å². The minimum Gasteiger partial charge on any atom is -0.468 e. The lowest BCUT2D eigenvalue weighted by atomic mass is 10.4. The molecule has 0 unspecified atom stereocenters. The summed E-state index contributed by atoms with van der Waals surface area (Å²) in [4.78, 5) is 9.18. The fourth-order valence-electron chi connectivity index (χ4n) is 0.453. The van der Waals surface area contributed by atoms with Crippen molar-refractivity contribution in [1.82, 2.24) is 0 Å². The Bertz CT molecular complexity index is 136. The lowest BCUT2D eigenvalue weighted by molar-refractivity contribution is -0.128. The molecular formula is C10H16O3. The van der Waals surface area contributed by atoms with Gasteiger partial charge in [0, 0.05) is 7.11 Å². The molecule has 1 N–H and O–H groups in total. The van der Waals surface area contributed by atoms with Gasteiger partial charge in [-0.2, -0.15) is 0 Å². The number of aliphatic hydroxyl groups is 1. The van der Waals surface area contributed by atoms with Gasteiger partial charge in [-0.05, 0) is 6.92 Å². The molecule has 0 amide bonds. The van der Waals surface area contributed by atoms with Gasteiger partial charge in [-0.25, -0.2) is 0 Å². The molecule has 13 heavy (non-hydrogen) atoms. The molecule has 3 heteroatoms. The summed E-state index contributed by atoms with van der Waals surface area (Å²) in [5, 5.41) is 7.00. The second kappa shape index (κ2) is 16.9. The number of ether oxygens (including phenoxy) is 1. The summed E-state index contributed by atoms with van der Waals surface area (Å²) in [5.41, 5.74) is 0. The van der Waals surface area contributed by atoms with Crippen LogP contribution in [-0.2, 0) is 9.53 Å². The van der Waals surface area contributed by atoms with Crippen LogP contribution in [0.25, 0.3) is 0 Å². The van der Waals surface area contributed by atoms with Crippen LogP contribution >= 0.6 is 0 Å². The van der Waals surface area contributed by atoms with Crippen LogP contribution < -0.4 is 0 Å². The monoisotopic (exact) mass is 184 g/mol. The van der Waals surface area contributed by atoms with Gasteiger partial charge in [0.15, 0.2) is 0 Å². The number of carbonyl (C=O) groups is 1. The van der Waals surface area contributed by atoms with Crippen molar-refractivity contribution in [2.75, 3.05) is 13.7 Å². The Morgan fingerprint density at radius 1 is 1.08 bits per heavy atom. The topological polar surface area (TPSA) is 46.5 Å². The minimum atomic E-state index is 0.431. The van der Waals surface area contributed by atoms with Gasteiger partial charge >= 0.3 is 0 Å². The third-order valence-electron chi connectivity index (χ3n) is 0.901. The first-order valence-electron chi connectivity index (χ1n) is 3.91. The van der Waals surface area contributed by atoms with Crippen LogP contribution in [0.3, 0.4) is 0 Å². The Balaban J connectivity index is 0. The molecule has 0 heterocycles. The zero-order chi connectivity index (χ0) is 10.4. The third-order valence-corrected chi connectivity index (χ3v) is 0.901. The van der Waals surface area contributed by atoms with Crippen molar-refractivity contribution >= 4 is 6.47 Å². The molecule has 0 aromatic heterocycles. The fourth-order valence-corrected chi connectivity index (χ4v) is 0.453. The van der Waals surface area contributed by atoms with E-state index >= 15 is 0 Å². The molecule has 0 aliphatic rings. The molecule has 0 saturated carbocycles. The minimum absolute atomic E-state index is 0.431. The van der Waals surface area contributed by atoms with E-state index in [0.29, 0.717) is 13.1 Å². The van der Waals surface area contributed by atoms with E-state index in [4.69, 9.17) is 5.11 Å². The van der Waals surface area contributed by atoms with E-state index in [1.165, 1.54) is 0 Å². The molecule has 3 nitrogen and oxygen atoms in total. The Kier molecular flexibility index (Phi) is 18.5. The lowest BCUT2D eigenvalue weighted by Crippen LogP contribution is -1.80. The predicted molar refractivity (Wildman–Crippen MR) is 52.3 cm³/mol. The maximum Gasteiger partial charge on any atom is 0.293 e. The number of aliphatic hydroxyl groups excluding tert-OH is 1. The molecule has 1 aromatic rings. The highest BCUT2D eigenvalue weighted by atomic mass is 16.5. The summed E-state index contributed by atoms with van der Waals surface area (Å²) in [6.45, 7) is 2.66. The molecule has 1 aromatic carbocycles. The van der Waals surface area contributed by atoms with E-state index in [0.717, 1.165) is 7.11 Å². The maximum atomic E-state index is 9.18. The van der Waals surface area contributed by atoms with Crippen molar-refractivity contribution in [3.8, 4) is 0 Å². The number of benzene rings is 1. The summed E-state index contributed by atoms with van der Waals surface area (Å²) in [5.74, 6) is 0. The van der Waals surface area contributed by atoms with Crippen LogP contribution in [-0.4, -0.2) is 25.3 Å². The molecule has 0 aliphatic carbocycles. The molecule has 1 rings (SSSR count). The van der Waals surface area contributed by atoms with Gasteiger partial charge in [-0.15, -0.1) is 0 Å². The molecule has 0 aliphatic heterocycles. The van der Waals surface area contributed by atoms with E-state index in [9.17, 15) is 4.79 Å².